The van der Waals surface area contributed by atoms with Crippen LogP contribution in [0, 0.1) is 11.7 Å². The van der Waals surface area contributed by atoms with Crippen LogP contribution in [0.1, 0.15) is 25.5 Å². The molecule has 1 atom stereocenters. The van der Waals surface area contributed by atoms with E-state index < -0.39 is 5.82 Å². The average Bonchev–Trinajstić information content (AvgIpc) is 2.76. The number of nitrogens with one attached hydrogen (secondary N) is 1. The van der Waals surface area contributed by atoms with Gasteiger partial charge < -0.3 is 14.5 Å². The summed E-state index contributed by atoms with van der Waals surface area (Å²) in [6, 6.07) is 4.00. The summed E-state index contributed by atoms with van der Waals surface area (Å²) in [5.41, 5.74) is 4.62. The fourth-order valence-corrected chi connectivity index (χ4v) is 3.65. The number of hydrogen-bond donors (Lipinski definition) is 1. The number of anilines is 3. The molecule has 29 heavy (non-hydrogen) atoms. The molecule has 2 aromatic heterocycles. The SMILES string of the molecule is CC1CCCN(c2ccc(/C=N/Nc3ncc(F)c(N4CCOCC4)n3)nc2)C1. The summed E-state index contributed by atoms with van der Waals surface area (Å²) in [7, 11) is 0. The van der Waals surface area contributed by atoms with Crippen LogP contribution in [0.15, 0.2) is 29.6 Å². The van der Waals surface area contributed by atoms with Crippen LogP contribution >= 0.6 is 0 Å². The number of pyridine rings is 1. The highest BCUT2D eigenvalue weighted by Crippen LogP contribution is 2.22. The number of halogens is 1. The van der Waals surface area contributed by atoms with Crippen LogP contribution in [-0.4, -0.2) is 60.6 Å². The number of ether oxygens (including phenoxy) is 1. The van der Waals surface area contributed by atoms with E-state index >= 15 is 0 Å². The molecule has 2 aromatic rings. The monoisotopic (exact) mass is 399 g/mol. The number of hydrazone groups is 1. The first-order chi connectivity index (χ1) is 14.2. The molecule has 8 nitrogen and oxygen atoms in total. The number of piperidine rings is 1. The Bertz CT molecular complexity index is 839. The zero-order valence-electron chi connectivity index (χ0n) is 16.6. The fourth-order valence-electron chi connectivity index (χ4n) is 3.65. The minimum atomic E-state index is -0.453. The molecule has 0 aliphatic carbocycles. The van der Waals surface area contributed by atoms with E-state index in [0.717, 1.165) is 30.7 Å². The zero-order valence-corrected chi connectivity index (χ0v) is 16.6. The van der Waals surface area contributed by atoms with E-state index in [9.17, 15) is 4.39 Å². The van der Waals surface area contributed by atoms with Gasteiger partial charge in [-0.25, -0.2) is 14.8 Å². The summed E-state index contributed by atoms with van der Waals surface area (Å²) in [4.78, 5) is 16.9. The van der Waals surface area contributed by atoms with Gasteiger partial charge in [-0.15, -0.1) is 0 Å². The Balaban J connectivity index is 1.37. The second-order valence-electron chi connectivity index (χ2n) is 7.47. The summed E-state index contributed by atoms with van der Waals surface area (Å²) in [6.07, 6.45) is 7.15. The van der Waals surface area contributed by atoms with Crippen molar-refractivity contribution in [2.24, 2.45) is 11.0 Å². The summed E-state index contributed by atoms with van der Waals surface area (Å²) in [5, 5.41) is 4.14. The van der Waals surface area contributed by atoms with Gasteiger partial charge in [-0.2, -0.15) is 10.1 Å². The van der Waals surface area contributed by atoms with E-state index in [2.05, 4.69) is 43.4 Å². The molecule has 0 radical (unpaired) electrons. The van der Waals surface area contributed by atoms with E-state index in [-0.39, 0.29) is 11.8 Å². The van der Waals surface area contributed by atoms with Crippen LogP contribution in [-0.2, 0) is 4.74 Å². The first-order valence-corrected chi connectivity index (χ1v) is 10.0. The third-order valence-electron chi connectivity index (χ3n) is 5.19. The van der Waals surface area contributed by atoms with Gasteiger partial charge in [-0.3, -0.25) is 4.98 Å². The van der Waals surface area contributed by atoms with Crippen molar-refractivity contribution in [2.45, 2.75) is 19.8 Å². The second-order valence-corrected chi connectivity index (χ2v) is 7.47. The molecule has 0 bridgehead atoms. The Morgan fingerprint density at radius 2 is 2.03 bits per heavy atom. The van der Waals surface area contributed by atoms with Gasteiger partial charge in [-0.05, 0) is 30.9 Å². The quantitative estimate of drug-likeness (QED) is 0.611. The van der Waals surface area contributed by atoms with Gasteiger partial charge in [0.15, 0.2) is 11.6 Å². The van der Waals surface area contributed by atoms with E-state index in [1.165, 1.54) is 12.8 Å². The molecular weight excluding hydrogens is 373 g/mol. The van der Waals surface area contributed by atoms with Crippen molar-refractivity contribution in [3.63, 3.8) is 0 Å². The highest BCUT2D eigenvalue weighted by atomic mass is 19.1. The molecule has 154 valence electrons. The Kier molecular flexibility index (Phi) is 6.14. The molecule has 2 aliphatic heterocycles. The van der Waals surface area contributed by atoms with Crippen LogP contribution in [0.4, 0.5) is 21.8 Å². The van der Waals surface area contributed by atoms with Crippen LogP contribution in [0.25, 0.3) is 0 Å². The molecular formula is C20H26FN7O. The van der Waals surface area contributed by atoms with Gasteiger partial charge in [0.05, 0.1) is 43.2 Å². The van der Waals surface area contributed by atoms with Gasteiger partial charge in [-0.1, -0.05) is 6.92 Å². The zero-order chi connectivity index (χ0) is 20.1. The third kappa shape index (κ3) is 4.97. The molecule has 1 unspecified atom stereocenters. The molecule has 0 aromatic carbocycles. The summed E-state index contributed by atoms with van der Waals surface area (Å²) < 4.78 is 19.4. The van der Waals surface area contributed by atoms with Crippen molar-refractivity contribution in [3.8, 4) is 0 Å². The highest BCUT2D eigenvalue weighted by Gasteiger charge is 2.18. The smallest absolute Gasteiger partial charge is 0.245 e. The number of aromatic nitrogens is 3. The molecule has 2 fully saturated rings. The standard InChI is InChI=1S/C20H26FN7O/c1-15-3-2-6-28(14-15)17-5-4-16(22-12-17)11-24-26-20-23-13-18(21)19(25-20)27-7-9-29-10-8-27/h4-5,11-13,15H,2-3,6-10,14H2,1H3,(H,23,25,26)/b24-11+. The first-order valence-electron chi connectivity index (χ1n) is 10.0. The van der Waals surface area contributed by atoms with Crippen molar-refractivity contribution in [1.29, 1.82) is 0 Å². The first kappa shape index (κ1) is 19.5. The highest BCUT2D eigenvalue weighted by molar-refractivity contribution is 5.78. The lowest BCUT2D eigenvalue weighted by Crippen LogP contribution is -2.37. The molecule has 9 heteroatoms. The number of hydrogen-bond acceptors (Lipinski definition) is 8. The predicted octanol–water partition coefficient (Wildman–Crippen LogP) is 2.53. The normalized spacial score (nSPS) is 20.3. The predicted molar refractivity (Wildman–Crippen MR) is 111 cm³/mol. The minimum Gasteiger partial charge on any atom is -0.378 e. The summed E-state index contributed by atoms with van der Waals surface area (Å²) >= 11 is 0. The lowest BCUT2D eigenvalue weighted by atomic mass is 10.00. The second kappa shape index (κ2) is 9.13. The van der Waals surface area contributed by atoms with E-state index in [1.54, 1.807) is 6.21 Å². The third-order valence-corrected chi connectivity index (χ3v) is 5.19. The van der Waals surface area contributed by atoms with Crippen molar-refractivity contribution in [1.82, 2.24) is 15.0 Å². The van der Waals surface area contributed by atoms with Gasteiger partial charge >= 0.3 is 0 Å². The lowest BCUT2D eigenvalue weighted by molar-refractivity contribution is 0.122. The van der Waals surface area contributed by atoms with Gasteiger partial charge in [0, 0.05) is 26.2 Å². The van der Waals surface area contributed by atoms with Crippen LogP contribution < -0.4 is 15.2 Å². The molecule has 4 heterocycles. The molecule has 0 amide bonds. The van der Waals surface area contributed by atoms with Gasteiger partial charge in [0.1, 0.15) is 0 Å². The molecule has 1 N–H and O–H groups in total. The molecule has 0 spiro atoms. The summed E-state index contributed by atoms with van der Waals surface area (Å²) in [5.74, 6) is 0.764. The Hall–Kier alpha value is -2.81. The van der Waals surface area contributed by atoms with Crippen LogP contribution in [0.3, 0.4) is 0 Å². The van der Waals surface area contributed by atoms with E-state index in [4.69, 9.17) is 4.74 Å². The van der Waals surface area contributed by atoms with Crippen molar-refractivity contribution in [3.05, 3.63) is 36.0 Å². The maximum absolute atomic E-state index is 14.1. The lowest BCUT2D eigenvalue weighted by Gasteiger charge is -2.32. The van der Waals surface area contributed by atoms with Crippen LogP contribution in [0.5, 0.6) is 0 Å². The molecule has 2 aliphatic rings. The molecule has 4 rings (SSSR count). The largest absolute Gasteiger partial charge is 0.378 e. The average molecular weight is 399 g/mol. The fraction of sp³-hybridized carbons (Fsp3) is 0.500. The number of rotatable bonds is 5. The maximum Gasteiger partial charge on any atom is 0.245 e. The Labute approximate surface area is 169 Å². The Morgan fingerprint density at radius 3 is 2.79 bits per heavy atom. The van der Waals surface area contributed by atoms with E-state index in [1.807, 2.05) is 17.2 Å². The van der Waals surface area contributed by atoms with Crippen molar-refractivity contribution < 1.29 is 9.13 Å². The van der Waals surface area contributed by atoms with Crippen LogP contribution in [0.2, 0.25) is 0 Å². The maximum atomic E-state index is 14.1. The summed E-state index contributed by atoms with van der Waals surface area (Å²) in [6.45, 7) is 6.75. The van der Waals surface area contributed by atoms with Gasteiger partial charge in [0.25, 0.3) is 0 Å². The van der Waals surface area contributed by atoms with Gasteiger partial charge in [0.2, 0.25) is 5.95 Å². The van der Waals surface area contributed by atoms with E-state index in [0.29, 0.717) is 32.2 Å². The van der Waals surface area contributed by atoms with Crippen molar-refractivity contribution in [2.75, 3.05) is 54.6 Å². The molecule has 0 saturated carbocycles. The topological polar surface area (TPSA) is 78.8 Å². The Morgan fingerprint density at radius 1 is 1.17 bits per heavy atom. The minimum absolute atomic E-state index is 0.239. The number of morpholine rings is 1. The molecule has 2 saturated heterocycles. The van der Waals surface area contributed by atoms with Crippen molar-refractivity contribution >= 4 is 23.7 Å². The number of nitrogens with zero attached hydrogens (tertiary/aromatic N) is 6.